The number of allylic oxidation sites excluding steroid dienone is 1. The highest BCUT2D eigenvalue weighted by Gasteiger charge is 2.22. The summed E-state index contributed by atoms with van der Waals surface area (Å²) in [5, 5.41) is 10.1. The number of pyridine rings is 1. The first-order valence-electron chi connectivity index (χ1n) is 14.1. The van der Waals surface area contributed by atoms with Crippen LogP contribution in [0.1, 0.15) is 31.7 Å². The van der Waals surface area contributed by atoms with E-state index >= 15 is 0 Å². The third kappa shape index (κ3) is 9.49. The second-order valence-corrected chi connectivity index (χ2v) is 11.5. The van der Waals surface area contributed by atoms with E-state index in [4.69, 9.17) is 38.0 Å². The maximum Gasteiger partial charge on any atom is 0.303 e. The number of halogens is 3. The fourth-order valence-electron chi connectivity index (χ4n) is 5.26. The summed E-state index contributed by atoms with van der Waals surface area (Å²) < 4.78 is 18.8. The molecule has 2 fully saturated rings. The summed E-state index contributed by atoms with van der Waals surface area (Å²) in [7, 11) is 0. The summed E-state index contributed by atoms with van der Waals surface area (Å²) in [5.74, 6) is 0.869. The summed E-state index contributed by atoms with van der Waals surface area (Å²) >= 11 is 12.6. The molecule has 1 aromatic carbocycles. The maximum absolute atomic E-state index is 12.7. The minimum Gasteiger partial charge on any atom is -0.481 e. The standard InChI is InChI=1S/C30H37Cl2FN6O3/c1-21(19-35-30(34-2)39-11-9-37(8-5-33)10-12-39)42-28-14-23(20-38-6-3-22(4-7-38)15-29(40)41)13-27(36-28)24-16-25(31)18-26(32)17-24/h13-14,16-19,22H,2-12,15,20H2,1H3,(H,40,41)/b21-19+,35-30+. The number of piperidine rings is 1. The van der Waals surface area contributed by atoms with Crippen LogP contribution < -0.4 is 4.74 Å². The minimum atomic E-state index is -0.742. The number of aliphatic imine (C=N–C) groups is 2. The number of aliphatic carboxylic acids is 1. The summed E-state index contributed by atoms with van der Waals surface area (Å²) in [6.45, 7) is 10.7. The molecule has 0 atom stereocenters. The van der Waals surface area contributed by atoms with Gasteiger partial charge in [0.15, 0.2) is 0 Å². The fourth-order valence-corrected chi connectivity index (χ4v) is 5.79. The second kappa shape index (κ2) is 15.4. The van der Waals surface area contributed by atoms with Crippen LogP contribution in [0.15, 0.2) is 52.3 Å². The number of piperazine rings is 1. The largest absolute Gasteiger partial charge is 0.481 e. The van der Waals surface area contributed by atoms with E-state index in [1.165, 1.54) is 0 Å². The number of hydrogen-bond donors (Lipinski definition) is 1. The third-order valence-corrected chi connectivity index (χ3v) is 7.86. The van der Waals surface area contributed by atoms with E-state index < -0.39 is 5.97 Å². The van der Waals surface area contributed by atoms with Crippen molar-refractivity contribution in [3.63, 3.8) is 0 Å². The lowest BCUT2D eigenvalue weighted by Crippen LogP contribution is -2.48. The van der Waals surface area contributed by atoms with Crippen molar-refractivity contribution >= 4 is 41.8 Å². The van der Waals surface area contributed by atoms with Gasteiger partial charge in [0.2, 0.25) is 11.8 Å². The lowest BCUT2D eigenvalue weighted by atomic mass is 9.93. The molecule has 0 saturated carbocycles. The zero-order chi connectivity index (χ0) is 30.1. The van der Waals surface area contributed by atoms with Crippen LogP contribution in [-0.2, 0) is 11.3 Å². The number of carboxylic acid groups (broad SMARTS) is 1. The van der Waals surface area contributed by atoms with Crippen molar-refractivity contribution in [2.75, 3.05) is 52.5 Å². The van der Waals surface area contributed by atoms with Crippen molar-refractivity contribution in [2.45, 2.75) is 32.7 Å². The molecule has 4 rings (SSSR count). The van der Waals surface area contributed by atoms with Gasteiger partial charge < -0.3 is 14.7 Å². The first-order valence-corrected chi connectivity index (χ1v) is 14.8. The zero-order valence-corrected chi connectivity index (χ0v) is 25.3. The molecule has 0 amide bonds. The van der Waals surface area contributed by atoms with Crippen LogP contribution in [0.5, 0.6) is 5.88 Å². The molecule has 0 unspecified atom stereocenters. The summed E-state index contributed by atoms with van der Waals surface area (Å²) in [6, 6.07) is 9.19. The van der Waals surface area contributed by atoms with Gasteiger partial charge in [-0.25, -0.2) is 19.4 Å². The number of benzene rings is 1. The number of likely N-dealkylation sites (tertiary alicyclic amines) is 1. The third-order valence-electron chi connectivity index (χ3n) is 7.42. The van der Waals surface area contributed by atoms with Crippen LogP contribution in [0.25, 0.3) is 11.3 Å². The molecule has 2 aliphatic heterocycles. The molecule has 42 heavy (non-hydrogen) atoms. The lowest BCUT2D eigenvalue weighted by Gasteiger charge is -2.34. The van der Waals surface area contributed by atoms with Crippen LogP contribution in [-0.4, -0.2) is 95.9 Å². The molecule has 1 aromatic heterocycles. The van der Waals surface area contributed by atoms with E-state index in [1.807, 2.05) is 29.2 Å². The Balaban J connectivity index is 1.51. The van der Waals surface area contributed by atoms with E-state index in [-0.39, 0.29) is 19.0 Å². The van der Waals surface area contributed by atoms with Crippen LogP contribution in [0.2, 0.25) is 10.0 Å². The molecule has 0 radical (unpaired) electrons. The van der Waals surface area contributed by atoms with Gasteiger partial charge >= 0.3 is 5.97 Å². The van der Waals surface area contributed by atoms with Crippen LogP contribution >= 0.6 is 23.2 Å². The molecular weight excluding hydrogens is 582 g/mol. The number of hydrogen-bond acceptors (Lipinski definition) is 6. The summed E-state index contributed by atoms with van der Waals surface area (Å²) in [5.41, 5.74) is 2.44. The SMILES string of the molecule is C=N/C(=N\C=C(/C)Oc1cc(CN2CCC(CC(=O)O)CC2)cc(-c2cc(Cl)cc(Cl)c2)n1)N1CCN(CCF)CC1. The van der Waals surface area contributed by atoms with Gasteiger partial charge in [-0.1, -0.05) is 23.2 Å². The van der Waals surface area contributed by atoms with Crippen molar-refractivity contribution in [2.24, 2.45) is 15.9 Å². The Hall–Kier alpha value is -3.05. The van der Waals surface area contributed by atoms with Gasteiger partial charge in [-0.15, -0.1) is 0 Å². The smallest absolute Gasteiger partial charge is 0.303 e. The van der Waals surface area contributed by atoms with Crippen molar-refractivity contribution in [3.05, 3.63) is 57.9 Å². The normalized spacial score (nSPS) is 17.9. The topological polar surface area (TPSA) is 93.9 Å². The molecule has 0 spiro atoms. The zero-order valence-electron chi connectivity index (χ0n) is 23.8. The highest BCUT2D eigenvalue weighted by atomic mass is 35.5. The summed E-state index contributed by atoms with van der Waals surface area (Å²) in [6.07, 6.45) is 3.51. The van der Waals surface area contributed by atoms with Gasteiger partial charge in [0.25, 0.3) is 0 Å². The highest BCUT2D eigenvalue weighted by Crippen LogP contribution is 2.30. The van der Waals surface area contributed by atoms with E-state index in [2.05, 4.69) is 26.5 Å². The predicted octanol–water partition coefficient (Wildman–Crippen LogP) is 5.63. The molecule has 0 aliphatic carbocycles. The number of guanidine groups is 1. The van der Waals surface area contributed by atoms with Crippen LogP contribution in [0, 0.1) is 5.92 Å². The van der Waals surface area contributed by atoms with Gasteiger partial charge in [-0.3, -0.25) is 14.6 Å². The first-order chi connectivity index (χ1) is 20.2. The van der Waals surface area contributed by atoms with E-state index in [9.17, 15) is 9.18 Å². The Labute approximate surface area is 256 Å². The number of ether oxygens (including phenoxy) is 1. The van der Waals surface area contributed by atoms with E-state index in [1.54, 1.807) is 19.2 Å². The lowest BCUT2D eigenvalue weighted by molar-refractivity contribution is -0.138. The Morgan fingerprint density at radius 3 is 2.40 bits per heavy atom. The number of carbonyl (C=O) groups is 1. The van der Waals surface area contributed by atoms with Gasteiger partial charge in [0.1, 0.15) is 12.4 Å². The Kier molecular flexibility index (Phi) is 11.7. The van der Waals surface area contributed by atoms with Crippen LogP contribution in [0.3, 0.4) is 0 Å². The van der Waals surface area contributed by atoms with Crippen molar-refractivity contribution in [1.82, 2.24) is 19.7 Å². The van der Waals surface area contributed by atoms with Crippen LogP contribution in [0.4, 0.5) is 4.39 Å². The number of rotatable bonds is 10. The molecule has 2 saturated heterocycles. The average Bonchev–Trinajstić information content (AvgIpc) is 2.94. The van der Waals surface area contributed by atoms with Crippen molar-refractivity contribution in [3.8, 4) is 17.1 Å². The minimum absolute atomic E-state index is 0.210. The van der Waals surface area contributed by atoms with E-state index in [0.29, 0.717) is 59.5 Å². The first kappa shape index (κ1) is 31.9. The van der Waals surface area contributed by atoms with Crippen molar-refractivity contribution < 1.29 is 19.0 Å². The Morgan fingerprint density at radius 1 is 1.10 bits per heavy atom. The number of aromatic nitrogens is 1. The number of carboxylic acids is 1. The van der Waals surface area contributed by atoms with Gasteiger partial charge in [0.05, 0.1) is 11.9 Å². The predicted molar refractivity (Wildman–Crippen MR) is 165 cm³/mol. The van der Waals surface area contributed by atoms with Gasteiger partial charge in [-0.2, -0.15) is 0 Å². The molecule has 3 heterocycles. The fraction of sp³-hybridized carbons (Fsp3) is 0.467. The Bertz CT molecular complexity index is 1290. The molecule has 2 aliphatic rings. The highest BCUT2D eigenvalue weighted by molar-refractivity contribution is 6.35. The van der Waals surface area contributed by atoms with Crippen molar-refractivity contribution in [1.29, 1.82) is 0 Å². The molecule has 12 heteroatoms. The monoisotopic (exact) mass is 618 g/mol. The molecular formula is C30H37Cl2FN6O3. The molecule has 2 aromatic rings. The number of alkyl halides is 1. The average molecular weight is 620 g/mol. The summed E-state index contributed by atoms with van der Waals surface area (Å²) in [4.78, 5) is 30.8. The second-order valence-electron chi connectivity index (χ2n) is 10.6. The molecule has 9 nitrogen and oxygen atoms in total. The Morgan fingerprint density at radius 2 is 1.79 bits per heavy atom. The quantitative estimate of drug-likeness (QED) is 0.210. The molecule has 1 N–H and O–H groups in total. The van der Waals surface area contributed by atoms with E-state index in [0.717, 1.165) is 50.1 Å². The van der Waals surface area contributed by atoms with Gasteiger partial charge in [-0.05, 0) is 75.3 Å². The maximum atomic E-state index is 12.7. The van der Waals surface area contributed by atoms with Gasteiger partial charge in [0, 0.05) is 67.4 Å². The molecule has 226 valence electrons. The number of nitrogens with zero attached hydrogens (tertiary/aromatic N) is 6. The molecule has 0 bridgehead atoms.